The van der Waals surface area contributed by atoms with E-state index in [1.807, 2.05) is 4.90 Å². The number of hydrogen-bond donors (Lipinski definition) is 4. The van der Waals surface area contributed by atoms with Gasteiger partial charge in [0.1, 0.15) is 0 Å². The van der Waals surface area contributed by atoms with Crippen LogP contribution in [-0.2, 0) is 4.74 Å². The molecule has 2 aliphatic heterocycles. The van der Waals surface area contributed by atoms with Crippen molar-refractivity contribution in [2.24, 2.45) is 5.92 Å². The third-order valence-corrected chi connectivity index (χ3v) is 5.69. The summed E-state index contributed by atoms with van der Waals surface area (Å²) in [7, 11) is 0. The van der Waals surface area contributed by atoms with Gasteiger partial charge < -0.3 is 30.5 Å². The van der Waals surface area contributed by atoms with Gasteiger partial charge in [-0.25, -0.2) is 9.59 Å². The number of urea groups is 1. The van der Waals surface area contributed by atoms with E-state index in [4.69, 9.17) is 19.7 Å². The van der Waals surface area contributed by atoms with Gasteiger partial charge in [-0.3, -0.25) is 0 Å². The standard InChI is InChI=1S/C18H33N3O2.CH2O3/c22-18(20-16-4-2-1-3-5-16)21-12-8-15(9-13-21)14-23-17-6-10-19-11-7-17;2-1(3)4/h15-17,19H,1-14H2,(H,20,22);(H2,2,3,4). The van der Waals surface area contributed by atoms with Gasteiger partial charge in [0, 0.05) is 25.7 Å². The minimum absolute atomic E-state index is 0.162. The number of nitrogens with zero attached hydrogens (tertiary/aromatic N) is 1. The first kappa shape index (κ1) is 21.8. The van der Waals surface area contributed by atoms with Crippen LogP contribution in [0.3, 0.4) is 0 Å². The Balaban J connectivity index is 0.000000596. The molecule has 3 aliphatic rings. The Morgan fingerprint density at radius 2 is 1.56 bits per heavy atom. The predicted molar refractivity (Wildman–Crippen MR) is 102 cm³/mol. The lowest BCUT2D eigenvalue weighted by molar-refractivity contribution is 0.000722. The van der Waals surface area contributed by atoms with E-state index < -0.39 is 6.16 Å². The second-order valence-corrected chi connectivity index (χ2v) is 7.78. The quantitative estimate of drug-likeness (QED) is 0.592. The summed E-state index contributed by atoms with van der Waals surface area (Å²) in [4.78, 5) is 22.9. The zero-order chi connectivity index (χ0) is 19.5. The highest BCUT2D eigenvalue weighted by Gasteiger charge is 2.26. The van der Waals surface area contributed by atoms with Gasteiger partial charge in [0.15, 0.2) is 0 Å². The Morgan fingerprint density at radius 1 is 0.963 bits per heavy atom. The van der Waals surface area contributed by atoms with Crippen molar-refractivity contribution in [1.82, 2.24) is 15.5 Å². The SMILES string of the molecule is O=C(NC1CCCCC1)N1CCC(COC2CCNCC2)CC1.O=C(O)O. The Bertz CT molecular complexity index is 439. The highest BCUT2D eigenvalue weighted by atomic mass is 16.6. The number of carboxylic acid groups (broad SMARTS) is 2. The molecule has 4 N–H and O–H groups in total. The molecule has 1 saturated carbocycles. The van der Waals surface area contributed by atoms with Crippen LogP contribution >= 0.6 is 0 Å². The maximum atomic E-state index is 12.4. The van der Waals surface area contributed by atoms with Gasteiger partial charge in [-0.05, 0) is 57.5 Å². The van der Waals surface area contributed by atoms with Crippen LogP contribution in [0.2, 0.25) is 0 Å². The molecular weight excluding hydrogens is 350 g/mol. The van der Waals surface area contributed by atoms with E-state index in [1.165, 1.54) is 19.3 Å². The van der Waals surface area contributed by atoms with Gasteiger partial charge in [-0.15, -0.1) is 0 Å². The van der Waals surface area contributed by atoms with E-state index in [-0.39, 0.29) is 6.03 Å². The summed E-state index contributed by atoms with van der Waals surface area (Å²) in [6, 6.07) is 0.576. The van der Waals surface area contributed by atoms with Crippen LogP contribution in [0.25, 0.3) is 0 Å². The molecule has 0 aromatic heterocycles. The molecule has 8 heteroatoms. The van der Waals surface area contributed by atoms with Crippen LogP contribution in [0.4, 0.5) is 9.59 Å². The van der Waals surface area contributed by atoms with E-state index in [9.17, 15) is 4.79 Å². The lowest BCUT2D eigenvalue weighted by Gasteiger charge is -2.34. The fraction of sp³-hybridized carbons (Fsp3) is 0.895. The number of rotatable bonds is 4. The lowest BCUT2D eigenvalue weighted by Crippen LogP contribution is -2.48. The lowest BCUT2D eigenvalue weighted by atomic mass is 9.95. The summed E-state index contributed by atoms with van der Waals surface area (Å²) in [5, 5.41) is 20.6. The van der Waals surface area contributed by atoms with Crippen LogP contribution in [0, 0.1) is 5.92 Å². The van der Waals surface area contributed by atoms with Crippen molar-refractivity contribution in [3.8, 4) is 0 Å². The van der Waals surface area contributed by atoms with Crippen LogP contribution in [-0.4, -0.2) is 72.2 Å². The van der Waals surface area contributed by atoms with Crippen LogP contribution in [0.5, 0.6) is 0 Å². The highest BCUT2D eigenvalue weighted by molar-refractivity contribution is 5.74. The van der Waals surface area contributed by atoms with Crippen molar-refractivity contribution in [3.05, 3.63) is 0 Å². The minimum atomic E-state index is -1.83. The van der Waals surface area contributed by atoms with Gasteiger partial charge in [0.05, 0.1) is 6.10 Å². The molecule has 0 radical (unpaired) electrons. The van der Waals surface area contributed by atoms with Crippen molar-refractivity contribution in [1.29, 1.82) is 0 Å². The molecule has 2 amide bonds. The summed E-state index contributed by atoms with van der Waals surface area (Å²) in [5.41, 5.74) is 0. The fourth-order valence-electron chi connectivity index (χ4n) is 4.05. The Morgan fingerprint density at radius 3 is 2.15 bits per heavy atom. The van der Waals surface area contributed by atoms with E-state index in [0.29, 0.717) is 18.1 Å². The minimum Gasteiger partial charge on any atom is -0.450 e. The number of ether oxygens (including phenoxy) is 1. The molecule has 2 heterocycles. The zero-order valence-corrected chi connectivity index (χ0v) is 16.2. The molecule has 0 spiro atoms. The topological polar surface area (TPSA) is 111 Å². The predicted octanol–water partition coefficient (Wildman–Crippen LogP) is 2.73. The number of hydrogen-bond acceptors (Lipinski definition) is 4. The monoisotopic (exact) mass is 385 g/mol. The van der Waals surface area contributed by atoms with Crippen LogP contribution < -0.4 is 10.6 Å². The maximum absolute atomic E-state index is 12.4. The van der Waals surface area contributed by atoms with Crippen molar-refractivity contribution >= 4 is 12.2 Å². The molecule has 0 unspecified atom stereocenters. The average molecular weight is 386 g/mol. The second-order valence-electron chi connectivity index (χ2n) is 7.78. The third-order valence-electron chi connectivity index (χ3n) is 5.69. The van der Waals surface area contributed by atoms with Gasteiger partial charge >= 0.3 is 12.2 Å². The fourth-order valence-corrected chi connectivity index (χ4v) is 4.05. The van der Waals surface area contributed by atoms with Crippen LogP contribution in [0.1, 0.15) is 57.8 Å². The number of amides is 2. The molecule has 2 saturated heterocycles. The summed E-state index contributed by atoms with van der Waals surface area (Å²) in [6.45, 7) is 4.83. The molecule has 3 rings (SSSR count). The molecule has 3 fully saturated rings. The number of likely N-dealkylation sites (tertiary alicyclic amines) is 1. The van der Waals surface area contributed by atoms with E-state index in [2.05, 4.69) is 10.6 Å². The second kappa shape index (κ2) is 12.0. The van der Waals surface area contributed by atoms with Crippen molar-refractivity contribution in [3.63, 3.8) is 0 Å². The third kappa shape index (κ3) is 8.79. The van der Waals surface area contributed by atoms with Crippen LogP contribution in [0.15, 0.2) is 0 Å². The van der Waals surface area contributed by atoms with Crippen molar-refractivity contribution < 1.29 is 24.5 Å². The van der Waals surface area contributed by atoms with Crippen molar-refractivity contribution in [2.45, 2.75) is 69.9 Å². The first-order valence-corrected chi connectivity index (χ1v) is 10.3. The Hall–Kier alpha value is -1.54. The molecule has 0 aromatic rings. The van der Waals surface area contributed by atoms with Crippen molar-refractivity contribution in [2.75, 3.05) is 32.8 Å². The average Bonchev–Trinajstić information content (AvgIpc) is 2.68. The number of nitrogens with one attached hydrogen (secondary N) is 2. The van der Waals surface area contributed by atoms with E-state index in [1.54, 1.807) is 0 Å². The van der Waals surface area contributed by atoms with Gasteiger partial charge in [-0.1, -0.05) is 19.3 Å². The molecular formula is C19H35N3O5. The summed E-state index contributed by atoms with van der Waals surface area (Å²) in [5.74, 6) is 0.628. The van der Waals surface area contributed by atoms with Gasteiger partial charge in [0.2, 0.25) is 0 Å². The van der Waals surface area contributed by atoms with Gasteiger partial charge in [-0.2, -0.15) is 0 Å². The first-order valence-electron chi connectivity index (χ1n) is 10.3. The number of carbonyl (C=O) groups is 2. The Labute approximate surface area is 161 Å². The highest BCUT2D eigenvalue weighted by Crippen LogP contribution is 2.21. The number of piperidine rings is 2. The summed E-state index contributed by atoms with van der Waals surface area (Å²) in [6.07, 6.45) is 9.25. The largest absolute Gasteiger partial charge is 0.503 e. The molecule has 27 heavy (non-hydrogen) atoms. The summed E-state index contributed by atoms with van der Waals surface area (Å²) < 4.78 is 6.08. The normalized spacial score (nSPS) is 22.6. The van der Waals surface area contributed by atoms with E-state index >= 15 is 0 Å². The van der Waals surface area contributed by atoms with E-state index in [0.717, 1.165) is 71.3 Å². The number of carbonyl (C=O) groups excluding carboxylic acids is 1. The molecule has 156 valence electrons. The summed E-state index contributed by atoms with van der Waals surface area (Å²) >= 11 is 0. The zero-order valence-electron chi connectivity index (χ0n) is 16.2. The Kier molecular flexibility index (Phi) is 9.69. The van der Waals surface area contributed by atoms with Gasteiger partial charge in [0.25, 0.3) is 0 Å². The molecule has 0 bridgehead atoms. The molecule has 1 aliphatic carbocycles. The molecule has 8 nitrogen and oxygen atoms in total. The molecule has 0 aromatic carbocycles. The molecule has 0 atom stereocenters. The smallest absolute Gasteiger partial charge is 0.450 e. The maximum Gasteiger partial charge on any atom is 0.503 e. The first-order chi connectivity index (χ1) is 13.0.